The Hall–Kier alpha value is -2.57. The lowest BCUT2D eigenvalue weighted by Gasteiger charge is -2.34. The second-order valence-electron chi connectivity index (χ2n) is 9.06. The van der Waals surface area contributed by atoms with Gasteiger partial charge in [-0.3, -0.25) is 9.59 Å². The Balaban J connectivity index is 3.22. The van der Waals surface area contributed by atoms with Gasteiger partial charge in [0.15, 0.2) is 0 Å². The van der Waals surface area contributed by atoms with Crippen LogP contribution < -0.4 is 10.6 Å². The first-order valence-corrected chi connectivity index (χ1v) is 11.1. The largest absolute Gasteiger partial charge is 0.444 e. The van der Waals surface area contributed by atoms with E-state index in [1.165, 1.54) is 0 Å². The average molecular weight is 434 g/mol. The number of aryl methyl sites for hydroxylation is 1. The highest BCUT2D eigenvalue weighted by Crippen LogP contribution is 2.24. The molecule has 0 heterocycles. The molecule has 174 valence electrons. The van der Waals surface area contributed by atoms with Crippen LogP contribution in [-0.4, -0.2) is 47.0 Å². The first-order valence-electron chi connectivity index (χ1n) is 11.1. The maximum Gasteiger partial charge on any atom is 0.408 e. The molecule has 2 N–H and O–H groups in total. The van der Waals surface area contributed by atoms with E-state index in [2.05, 4.69) is 17.6 Å². The highest BCUT2D eigenvalue weighted by atomic mass is 16.6. The molecule has 31 heavy (non-hydrogen) atoms. The number of rotatable bonds is 9. The maximum atomic E-state index is 13.3. The van der Waals surface area contributed by atoms with Crippen LogP contribution in [-0.2, 0) is 20.7 Å². The summed E-state index contributed by atoms with van der Waals surface area (Å²) < 4.78 is 5.27. The zero-order valence-electron chi connectivity index (χ0n) is 20.2. The van der Waals surface area contributed by atoms with Crippen molar-refractivity contribution in [2.75, 3.05) is 6.54 Å². The lowest BCUT2D eigenvalue weighted by Crippen LogP contribution is -2.52. The average Bonchev–Trinajstić information content (AvgIpc) is 2.65. The molecular weight excluding hydrogens is 394 g/mol. The highest BCUT2D eigenvalue weighted by Gasteiger charge is 2.34. The van der Waals surface area contributed by atoms with Gasteiger partial charge in [0, 0.05) is 12.6 Å². The molecule has 0 radical (unpaired) electrons. The number of alkyl carbamates (subject to hydrolysis) is 1. The van der Waals surface area contributed by atoms with E-state index in [0.29, 0.717) is 13.0 Å². The summed E-state index contributed by atoms with van der Waals surface area (Å²) in [5, 5.41) is 5.52. The SMILES string of the molecule is CCCN(C(=O)C(C)NC(=O)OC(C)(C)C)C(C(=O)NC(C)C)c1ccc(CC)cc1. The van der Waals surface area contributed by atoms with Crippen LogP contribution in [0, 0.1) is 0 Å². The molecule has 0 spiro atoms. The lowest BCUT2D eigenvalue weighted by molar-refractivity contribution is -0.142. The minimum absolute atomic E-state index is 0.0687. The third-order valence-electron chi connectivity index (χ3n) is 4.55. The van der Waals surface area contributed by atoms with Crippen molar-refractivity contribution in [3.8, 4) is 0 Å². The van der Waals surface area contributed by atoms with Crippen LogP contribution in [0.15, 0.2) is 24.3 Å². The Bertz CT molecular complexity index is 738. The summed E-state index contributed by atoms with van der Waals surface area (Å²) >= 11 is 0. The third kappa shape index (κ3) is 8.59. The van der Waals surface area contributed by atoms with Gasteiger partial charge in [-0.05, 0) is 65.5 Å². The molecule has 0 saturated carbocycles. The Morgan fingerprint density at radius 1 is 1.00 bits per heavy atom. The van der Waals surface area contributed by atoms with Crippen molar-refractivity contribution in [1.82, 2.24) is 15.5 Å². The summed E-state index contributed by atoms with van der Waals surface area (Å²) in [5.41, 5.74) is 1.22. The van der Waals surface area contributed by atoms with E-state index in [-0.39, 0.29) is 17.9 Å². The molecule has 1 aromatic rings. The summed E-state index contributed by atoms with van der Waals surface area (Å²) in [7, 11) is 0. The van der Waals surface area contributed by atoms with Gasteiger partial charge in [-0.2, -0.15) is 0 Å². The van der Waals surface area contributed by atoms with Crippen LogP contribution in [0.5, 0.6) is 0 Å². The molecule has 0 fully saturated rings. The number of nitrogens with one attached hydrogen (secondary N) is 2. The number of nitrogens with zero attached hydrogens (tertiary/aromatic N) is 1. The van der Waals surface area contributed by atoms with Gasteiger partial charge in [-0.25, -0.2) is 4.79 Å². The number of hydrogen-bond acceptors (Lipinski definition) is 4. The van der Waals surface area contributed by atoms with E-state index in [4.69, 9.17) is 4.74 Å². The number of benzene rings is 1. The molecule has 2 atom stereocenters. The fourth-order valence-electron chi connectivity index (χ4n) is 3.17. The lowest BCUT2D eigenvalue weighted by atomic mass is 10.00. The van der Waals surface area contributed by atoms with Gasteiger partial charge in [0.25, 0.3) is 0 Å². The first-order chi connectivity index (χ1) is 14.4. The summed E-state index contributed by atoms with van der Waals surface area (Å²) in [6.45, 7) is 15.0. The monoisotopic (exact) mass is 433 g/mol. The van der Waals surface area contributed by atoms with Crippen molar-refractivity contribution in [3.05, 3.63) is 35.4 Å². The first kappa shape index (κ1) is 26.5. The van der Waals surface area contributed by atoms with Gasteiger partial charge in [0.2, 0.25) is 11.8 Å². The molecule has 0 aliphatic heterocycles. The number of carbonyl (C=O) groups excluding carboxylic acids is 3. The summed E-state index contributed by atoms with van der Waals surface area (Å²) in [6, 6.07) is 6.04. The van der Waals surface area contributed by atoms with E-state index < -0.39 is 23.8 Å². The molecule has 3 amide bonds. The smallest absolute Gasteiger partial charge is 0.408 e. The Kier molecular flexibility index (Phi) is 10.0. The van der Waals surface area contributed by atoms with Crippen molar-refractivity contribution in [2.45, 2.75) is 92.0 Å². The molecule has 1 aromatic carbocycles. The van der Waals surface area contributed by atoms with Crippen LogP contribution in [0.25, 0.3) is 0 Å². The van der Waals surface area contributed by atoms with Crippen molar-refractivity contribution >= 4 is 17.9 Å². The summed E-state index contributed by atoms with van der Waals surface area (Å²) in [4.78, 5) is 40.2. The molecule has 0 aromatic heterocycles. The molecule has 0 aliphatic rings. The molecule has 2 unspecified atom stereocenters. The van der Waals surface area contributed by atoms with Crippen LogP contribution in [0.1, 0.15) is 79.0 Å². The van der Waals surface area contributed by atoms with Crippen LogP contribution in [0.2, 0.25) is 0 Å². The van der Waals surface area contributed by atoms with Crippen molar-refractivity contribution < 1.29 is 19.1 Å². The van der Waals surface area contributed by atoms with E-state index >= 15 is 0 Å². The second-order valence-corrected chi connectivity index (χ2v) is 9.06. The molecule has 0 bridgehead atoms. The van der Waals surface area contributed by atoms with Crippen LogP contribution >= 0.6 is 0 Å². The third-order valence-corrected chi connectivity index (χ3v) is 4.55. The van der Waals surface area contributed by atoms with E-state index in [9.17, 15) is 14.4 Å². The zero-order valence-corrected chi connectivity index (χ0v) is 20.2. The summed E-state index contributed by atoms with van der Waals surface area (Å²) in [6.07, 6.45) is 0.890. The molecule has 0 aliphatic carbocycles. The molecular formula is C24H39N3O4. The number of hydrogen-bond donors (Lipinski definition) is 2. The van der Waals surface area contributed by atoms with E-state index in [1.54, 1.807) is 32.6 Å². The van der Waals surface area contributed by atoms with Crippen molar-refractivity contribution in [2.24, 2.45) is 0 Å². The van der Waals surface area contributed by atoms with Gasteiger partial charge in [-0.1, -0.05) is 38.1 Å². The molecule has 7 nitrogen and oxygen atoms in total. The highest BCUT2D eigenvalue weighted by molar-refractivity contribution is 5.92. The minimum Gasteiger partial charge on any atom is -0.444 e. The molecule has 1 rings (SSSR count). The van der Waals surface area contributed by atoms with Gasteiger partial charge in [0.1, 0.15) is 17.7 Å². The van der Waals surface area contributed by atoms with Crippen molar-refractivity contribution in [3.63, 3.8) is 0 Å². The number of carbonyl (C=O) groups is 3. The summed E-state index contributed by atoms with van der Waals surface area (Å²) in [5.74, 6) is -0.582. The zero-order chi connectivity index (χ0) is 23.8. The molecule has 0 saturated heterocycles. The standard InChI is InChI=1S/C24H39N3O4/c1-9-15-27(22(29)17(5)26-23(30)31-24(6,7)8)20(21(28)25-16(3)4)19-13-11-18(10-2)12-14-19/h11-14,16-17,20H,9-10,15H2,1-8H3,(H,25,28)(H,26,30). The normalized spacial score (nSPS) is 13.3. The topological polar surface area (TPSA) is 87.7 Å². The number of ether oxygens (including phenoxy) is 1. The quantitative estimate of drug-likeness (QED) is 0.617. The van der Waals surface area contributed by atoms with E-state index in [1.807, 2.05) is 45.0 Å². The van der Waals surface area contributed by atoms with Gasteiger partial charge >= 0.3 is 6.09 Å². The Morgan fingerprint density at radius 2 is 1.58 bits per heavy atom. The minimum atomic E-state index is -0.842. The maximum absolute atomic E-state index is 13.3. The fraction of sp³-hybridized carbons (Fsp3) is 0.625. The van der Waals surface area contributed by atoms with Crippen LogP contribution in [0.3, 0.4) is 0 Å². The van der Waals surface area contributed by atoms with Crippen molar-refractivity contribution in [1.29, 1.82) is 0 Å². The second kappa shape index (κ2) is 11.7. The van der Waals surface area contributed by atoms with Gasteiger partial charge < -0.3 is 20.3 Å². The van der Waals surface area contributed by atoms with Crippen LogP contribution in [0.4, 0.5) is 4.79 Å². The van der Waals surface area contributed by atoms with Gasteiger partial charge in [-0.15, -0.1) is 0 Å². The predicted molar refractivity (Wildman–Crippen MR) is 123 cm³/mol. The van der Waals surface area contributed by atoms with E-state index in [0.717, 1.165) is 17.5 Å². The predicted octanol–water partition coefficient (Wildman–Crippen LogP) is 3.97. The molecule has 7 heteroatoms. The Morgan fingerprint density at radius 3 is 2.03 bits per heavy atom. The number of amides is 3. The fourth-order valence-corrected chi connectivity index (χ4v) is 3.17. The Labute approximate surface area is 186 Å². The van der Waals surface area contributed by atoms with Gasteiger partial charge in [0.05, 0.1) is 0 Å².